The van der Waals surface area contributed by atoms with Gasteiger partial charge in [-0.05, 0) is 41.6 Å². The van der Waals surface area contributed by atoms with E-state index in [9.17, 15) is 14.0 Å². The zero-order valence-corrected chi connectivity index (χ0v) is 17.4. The normalized spacial score (nSPS) is 10.8. The van der Waals surface area contributed by atoms with Crippen molar-refractivity contribution in [1.82, 2.24) is 15.0 Å². The van der Waals surface area contributed by atoms with Crippen molar-refractivity contribution in [2.75, 3.05) is 7.11 Å². The Bertz CT molecular complexity index is 1200. The molecule has 0 amide bonds. The molecule has 0 saturated carbocycles. The van der Waals surface area contributed by atoms with E-state index in [1.54, 1.807) is 23.5 Å². The number of aryl methyl sites for hydroxylation is 1. The number of H-pyrrole nitrogens is 1. The number of thiophene rings is 1. The Morgan fingerprint density at radius 1 is 1.13 bits per heavy atom. The number of hydrogen-bond acceptors (Lipinski definition) is 6. The van der Waals surface area contributed by atoms with Crippen molar-refractivity contribution in [3.8, 4) is 21.7 Å². The van der Waals surface area contributed by atoms with E-state index in [1.807, 2.05) is 23.6 Å². The molecular formula is C23H18FN3O3S. The summed E-state index contributed by atoms with van der Waals surface area (Å²) in [4.78, 5) is 37.0. The van der Waals surface area contributed by atoms with Crippen molar-refractivity contribution < 1.29 is 18.7 Å². The Labute approximate surface area is 181 Å². The van der Waals surface area contributed by atoms with E-state index in [-0.39, 0.29) is 23.7 Å². The summed E-state index contributed by atoms with van der Waals surface area (Å²) in [5.74, 6) is -0.993. The number of carbonyl (C=O) groups excluding carboxylic acids is 2. The molecular weight excluding hydrogens is 417 g/mol. The predicted molar refractivity (Wildman–Crippen MR) is 116 cm³/mol. The maximum atomic E-state index is 13.4. The van der Waals surface area contributed by atoms with Crippen molar-refractivity contribution in [2.24, 2.45) is 0 Å². The summed E-state index contributed by atoms with van der Waals surface area (Å²) in [6.45, 7) is 0. The second-order valence-electron chi connectivity index (χ2n) is 6.76. The molecule has 0 atom stereocenters. The first-order chi connectivity index (χ1) is 15.0. The van der Waals surface area contributed by atoms with Crippen LogP contribution in [0.2, 0.25) is 0 Å². The van der Waals surface area contributed by atoms with Crippen LogP contribution in [-0.4, -0.2) is 33.8 Å². The van der Waals surface area contributed by atoms with Crippen LogP contribution in [0.25, 0.3) is 21.7 Å². The van der Waals surface area contributed by atoms with Gasteiger partial charge in [-0.2, -0.15) is 0 Å². The molecule has 3 heterocycles. The molecule has 4 rings (SSSR count). The summed E-state index contributed by atoms with van der Waals surface area (Å²) >= 11 is 1.56. The smallest absolute Gasteiger partial charge is 0.358 e. The van der Waals surface area contributed by atoms with Crippen LogP contribution in [0.4, 0.5) is 4.39 Å². The number of rotatable bonds is 7. The van der Waals surface area contributed by atoms with E-state index in [1.165, 1.54) is 31.6 Å². The number of nitrogens with one attached hydrogen (secondary N) is 1. The van der Waals surface area contributed by atoms with Crippen LogP contribution >= 0.6 is 11.3 Å². The number of ether oxygens (including phenoxy) is 1. The van der Waals surface area contributed by atoms with Gasteiger partial charge in [0, 0.05) is 18.2 Å². The van der Waals surface area contributed by atoms with Crippen LogP contribution in [0.1, 0.15) is 33.1 Å². The van der Waals surface area contributed by atoms with Crippen molar-refractivity contribution in [3.05, 3.63) is 83.1 Å². The summed E-state index contributed by atoms with van der Waals surface area (Å²) in [5, 5.41) is 1.96. The van der Waals surface area contributed by atoms with Gasteiger partial charge >= 0.3 is 5.97 Å². The van der Waals surface area contributed by atoms with E-state index >= 15 is 0 Å². The first-order valence-corrected chi connectivity index (χ1v) is 10.4. The first-order valence-electron chi connectivity index (χ1n) is 9.50. The maximum Gasteiger partial charge on any atom is 0.358 e. The Morgan fingerprint density at radius 2 is 1.94 bits per heavy atom. The number of hydrogen-bond donors (Lipinski definition) is 1. The first kappa shape index (κ1) is 20.6. The topological polar surface area (TPSA) is 84.9 Å². The van der Waals surface area contributed by atoms with E-state index in [4.69, 9.17) is 0 Å². The van der Waals surface area contributed by atoms with E-state index < -0.39 is 5.97 Å². The molecule has 0 spiro atoms. The third kappa shape index (κ3) is 4.59. The molecule has 4 aromatic rings. The fourth-order valence-electron chi connectivity index (χ4n) is 3.16. The lowest BCUT2D eigenvalue weighted by molar-refractivity contribution is 0.0593. The van der Waals surface area contributed by atoms with Gasteiger partial charge in [0.15, 0.2) is 11.5 Å². The number of Topliss-reactive ketones (excluding diaryl/α,β-unsaturated/α-hetero) is 1. The number of aromatic amines is 1. The molecule has 8 heteroatoms. The Balaban J connectivity index is 1.58. The number of nitrogens with zero attached hydrogens (tertiary/aromatic N) is 2. The van der Waals surface area contributed by atoms with Gasteiger partial charge in [-0.3, -0.25) is 9.78 Å². The molecule has 0 bridgehead atoms. The molecule has 0 unspecified atom stereocenters. The van der Waals surface area contributed by atoms with Crippen molar-refractivity contribution in [3.63, 3.8) is 0 Å². The minimum Gasteiger partial charge on any atom is -0.464 e. The molecule has 0 aliphatic carbocycles. The quantitative estimate of drug-likeness (QED) is 0.328. The number of methoxy groups -OCH3 is 1. The fourth-order valence-corrected chi connectivity index (χ4v) is 3.85. The van der Waals surface area contributed by atoms with Crippen LogP contribution in [0, 0.1) is 5.82 Å². The number of halogens is 1. The average Bonchev–Trinajstić information content (AvgIpc) is 3.48. The molecule has 3 aromatic heterocycles. The van der Waals surface area contributed by atoms with E-state index in [0.29, 0.717) is 17.8 Å². The van der Waals surface area contributed by atoms with Gasteiger partial charge in [0.25, 0.3) is 0 Å². The lowest BCUT2D eigenvalue weighted by Gasteiger charge is -2.05. The Morgan fingerprint density at radius 3 is 2.58 bits per heavy atom. The SMILES string of the molecule is COC(=O)c1cnc(CCC(=O)c2[nH]c(-c3cccs3)cc2-c2ccc(F)cc2)cn1. The Kier molecular flexibility index (Phi) is 5.99. The Hall–Kier alpha value is -3.65. The molecule has 0 saturated heterocycles. The number of ketones is 1. The second kappa shape index (κ2) is 9.01. The highest BCUT2D eigenvalue weighted by atomic mass is 32.1. The summed E-state index contributed by atoms with van der Waals surface area (Å²) in [5.41, 5.74) is 3.48. The van der Waals surface area contributed by atoms with Crippen LogP contribution in [0.15, 0.2) is 60.2 Å². The predicted octanol–water partition coefficient (Wildman–Crippen LogP) is 4.94. The highest BCUT2D eigenvalue weighted by Crippen LogP contribution is 2.32. The molecule has 6 nitrogen and oxygen atoms in total. The summed E-state index contributed by atoms with van der Waals surface area (Å²) in [7, 11) is 1.27. The van der Waals surface area contributed by atoms with Crippen molar-refractivity contribution >= 4 is 23.1 Å². The standard InChI is InChI=1S/C23H18FN3O3S/c1-30-23(29)19-13-25-16(12-26-19)8-9-20(28)22-17(14-4-6-15(24)7-5-14)11-18(27-22)21-3-2-10-31-21/h2-7,10-13,27H,8-9H2,1H3. The second-order valence-corrected chi connectivity index (χ2v) is 7.71. The summed E-state index contributed by atoms with van der Waals surface area (Å²) < 4.78 is 18.0. The van der Waals surface area contributed by atoms with E-state index in [0.717, 1.165) is 21.7 Å². The van der Waals surface area contributed by atoms with Crippen LogP contribution in [0.3, 0.4) is 0 Å². The van der Waals surface area contributed by atoms with Crippen molar-refractivity contribution in [2.45, 2.75) is 12.8 Å². The van der Waals surface area contributed by atoms with Gasteiger partial charge in [0.1, 0.15) is 5.82 Å². The summed E-state index contributed by atoms with van der Waals surface area (Å²) in [6, 6.07) is 11.9. The number of aromatic nitrogens is 3. The molecule has 1 aromatic carbocycles. The summed E-state index contributed by atoms with van der Waals surface area (Å²) in [6.07, 6.45) is 3.36. The van der Waals surface area contributed by atoms with Gasteiger partial charge in [-0.25, -0.2) is 14.2 Å². The lowest BCUT2D eigenvalue weighted by atomic mass is 10.0. The van der Waals surface area contributed by atoms with Crippen LogP contribution in [0.5, 0.6) is 0 Å². The van der Waals surface area contributed by atoms with Crippen LogP contribution < -0.4 is 0 Å². The van der Waals surface area contributed by atoms with Gasteiger partial charge in [0.2, 0.25) is 0 Å². The minimum atomic E-state index is -0.563. The zero-order valence-electron chi connectivity index (χ0n) is 16.6. The molecule has 0 aliphatic heterocycles. The fraction of sp³-hybridized carbons (Fsp3) is 0.130. The minimum absolute atomic E-state index is 0.0963. The number of esters is 1. The van der Waals surface area contributed by atoms with Gasteiger partial charge < -0.3 is 9.72 Å². The number of carbonyl (C=O) groups is 2. The average molecular weight is 435 g/mol. The lowest BCUT2D eigenvalue weighted by Crippen LogP contribution is -2.08. The molecule has 0 aliphatic rings. The molecule has 31 heavy (non-hydrogen) atoms. The largest absolute Gasteiger partial charge is 0.464 e. The molecule has 0 radical (unpaired) electrons. The highest BCUT2D eigenvalue weighted by Gasteiger charge is 2.19. The third-order valence-corrected chi connectivity index (χ3v) is 5.65. The zero-order chi connectivity index (χ0) is 21.8. The van der Waals surface area contributed by atoms with Gasteiger partial charge in [-0.15, -0.1) is 11.3 Å². The third-order valence-electron chi connectivity index (χ3n) is 4.75. The van der Waals surface area contributed by atoms with Gasteiger partial charge in [0.05, 0.1) is 35.3 Å². The highest BCUT2D eigenvalue weighted by molar-refractivity contribution is 7.13. The van der Waals surface area contributed by atoms with Gasteiger partial charge in [-0.1, -0.05) is 18.2 Å². The number of benzene rings is 1. The maximum absolute atomic E-state index is 13.4. The van der Waals surface area contributed by atoms with Crippen LogP contribution in [-0.2, 0) is 11.2 Å². The molecule has 1 N–H and O–H groups in total. The molecule has 0 fully saturated rings. The monoisotopic (exact) mass is 435 g/mol. The van der Waals surface area contributed by atoms with Crippen molar-refractivity contribution in [1.29, 1.82) is 0 Å². The molecule has 156 valence electrons. The van der Waals surface area contributed by atoms with E-state index in [2.05, 4.69) is 19.7 Å².